The Bertz CT molecular complexity index is 3840. The maximum Gasteiger partial charge on any atom is 0.159 e. The van der Waals surface area contributed by atoms with Gasteiger partial charge in [0.05, 0.1) is 22.7 Å². The van der Waals surface area contributed by atoms with Crippen molar-refractivity contribution in [2.45, 2.75) is 116 Å². The molecule has 0 saturated heterocycles. The van der Waals surface area contributed by atoms with E-state index in [1.807, 2.05) is 0 Å². The predicted molar refractivity (Wildman–Crippen MR) is 314 cm³/mol. The summed E-state index contributed by atoms with van der Waals surface area (Å²) < 4.78 is 13.9. The van der Waals surface area contributed by atoms with Crippen LogP contribution in [0.3, 0.4) is 0 Å². The summed E-state index contributed by atoms with van der Waals surface area (Å²) in [5.74, 6) is 0.922. The SMILES string of the molecule is CC(C)(C)c1ccc(N(c2cc(C3CCCC3)c3ccc4c(N(c5ccc(C(C)(C)C)cc5)c5cccc6c5oc5ccccc56)cc(C5CCCC5)c5ccc2c3c54)c2cccc3c2oc2ccccc23)cc1. The fourth-order valence-corrected chi connectivity index (χ4v) is 13.4. The first-order valence-corrected chi connectivity index (χ1v) is 27.4. The van der Waals surface area contributed by atoms with E-state index < -0.39 is 0 Å². The third-order valence-corrected chi connectivity index (χ3v) is 17.2. The van der Waals surface area contributed by atoms with Crippen LogP contribution >= 0.6 is 0 Å². The monoisotopic (exact) mass is 964 g/mol. The number of furan rings is 2. The summed E-state index contributed by atoms with van der Waals surface area (Å²) in [6.07, 6.45) is 9.80. The van der Waals surface area contributed by atoms with Crippen molar-refractivity contribution in [2.24, 2.45) is 0 Å². The standard InChI is InChI=1S/C70H64N2O2/c1-69(2,3)45-29-33-47(34-30-45)71(59-25-15-23-53-49-21-11-13-27-63(49)73-67(53)59)61-41-57(43-17-7-8-18-43)51-38-40-56-62(42-58(44-19-9-10-20-44)52-37-39-55(61)65(51)66(52)56)72(48-35-31-46(32-36-48)70(4,5)6)60-26-16-24-54-50-22-12-14-28-64(50)74-68(54)60/h11-16,21-44H,7-10,17-20H2,1-6H3. The molecule has 0 atom stereocenters. The van der Waals surface area contributed by atoms with Crippen LogP contribution in [0.2, 0.25) is 0 Å². The number of anilines is 6. The highest BCUT2D eigenvalue weighted by molar-refractivity contribution is 6.30. The van der Waals surface area contributed by atoms with E-state index >= 15 is 0 Å². The van der Waals surface area contributed by atoms with Crippen molar-refractivity contribution >= 4 is 110 Å². The molecule has 0 radical (unpaired) electrons. The zero-order chi connectivity index (χ0) is 50.0. The van der Waals surface area contributed by atoms with E-state index in [0.29, 0.717) is 11.8 Å². The smallest absolute Gasteiger partial charge is 0.159 e. The molecule has 0 spiro atoms. The van der Waals surface area contributed by atoms with E-state index in [-0.39, 0.29) is 10.8 Å². The number of para-hydroxylation sites is 4. The number of benzene rings is 10. The van der Waals surface area contributed by atoms with Crippen LogP contribution in [-0.2, 0) is 10.8 Å². The van der Waals surface area contributed by atoms with Gasteiger partial charge in [-0.1, -0.05) is 176 Å². The molecule has 366 valence electrons. The largest absolute Gasteiger partial charge is 0.454 e. The van der Waals surface area contributed by atoms with Gasteiger partial charge in [0.25, 0.3) is 0 Å². The summed E-state index contributed by atoms with van der Waals surface area (Å²) >= 11 is 0. The van der Waals surface area contributed by atoms with E-state index in [1.54, 1.807) is 0 Å². The highest BCUT2D eigenvalue weighted by Crippen LogP contribution is 2.55. The average Bonchev–Trinajstić information content (AvgIpc) is 4.30. The minimum atomic E-state index is 0.0118. The molecule has 4 nitrogen and oxygen atoms in total. The summed E-state index contributed by atoms with van der Waals surface area (Å²) in [5, 5.41) is 12.5. The van der Waals surface area contributed by atoms with Gasteiger partial charge in [-0.05, 0) is 153 Å². The van der Waals surface area contributed by atoms with Crippen LogP contribution in [0.15, 0.2) is 179 Å². The fourth-order valence-electron chi connectivity index (χ4n) is 13.4. The maximum absolute atomic E-state index is 6.96. The molecular weight excluding hydrogens is 901 g/mol. The normalized spacial score (nSPS) is 15.2. The zero-order valence-electron chi connectivity index (χ0n) is 43.7. The Kier molecular flexibility index (Phi) is 10.4. The van der Waals surface area contributed by atoms with Crippen molar-refractivity contribution in [3.63, 3.8) is 0 Å². The first kappa shape index (κ1) is 45.1. The molecule has 0 N–H and O–H groups in total. The van der Waals surface area contributed by atoms with Gasteiger partial charge in [-0.15, -0.1) is 0 Å². The van der Waals surface area contributed by atoms with Crippen molar-refractivity contribution in [3.05, 3.63) is 192 Å². The summed E-state index contributed by atoms with van der Waals surface area (Å²) in [4.78, 5) is 5.07. The Morgan fingerprint density at radius 2 is 0.716 bits per heavy atom. The highest BCUT2D eigenvalue weighted by atomic mass is 16.3. The number of fused-ring (bicyclic) bond motifs is 6. The topological polar surface area (TPSA) is 32.8 Å². The van der Waals surface area contributed by atoms with Crippen LogP contribution in [0, 0.1) is 0 Å². The van der Waals surface area contributed by atoms with Gasteiger partial charge in [-0.25, -0.2) is 0 Å². The summed E-state index contributed by atoms with van der Waals surface area (Å²) in [6, 6.07) is 64.2. The molecule has 12 aromatic rings. The van der Waals surface area contributed by atoms with Gasteiger partial charge in [0, 0.05) is 43.7 Å². The second-order valence-corrected chi connectivity index (χ2v) is 23.8. The molecule has 0 aliphatic heterocycles. The molecule has 2 heterocycles. The molecule has 2 fully saturated rings. The van der Waals surface area contributed by atoms with Crippen molar-refractivity contribution in [2.75, 3.05) is 9.80 Å². The number of hydrogen-bond donors (Lipinski definition) is 0. The first-order valence-electron chi connectivity index (χ1n) is 27.4. The Morgan fingerprint density at radius 1 is 0.351 bits per heavy atom. The van der Waals surface area contributed by atoms with Crippen molar-refractivity contribution in [3.8, 4) is 0 Å². The molecule has 0 bridgehead atoms. The lowest BCUT2D eigenvalue weighted by molar-refractivity contribution is 0.590. The van der Waals surface area contributed by atoms with Crippen LogP contribution in [0.5, 0.6) is 0 Å². The lowest BCUT2D eigenvalue weighted by Gasteiger charge is -2.32. The summed E-state index contributed by atoms with van der Waals surface area (Å²) in [6.45, 7) is 13.8. The molecule has 0 amide bonds. The zero-order valence-corrected chi connectivity index (χ0v) is 43.7. The second-order valence-electron chi connectivity index (χ2n) is 23.8. The number of hydrogen-bond acceptors (Lipinski definition) is 4. The van der Waals surface area contributed by atoms with Gasteiger partial charge in [0.15, 0.2) is 11.2 Å². The highest BCUT2D eigenvalue weighted by Gasteiger charge is 2.32. The van der Waals surface area contributed by atoms with Gasteiger partial charge >= 0.3 is 0 Å². The van der Waals surface area contributed by atoms with Crippen LogP contribution in [-0.4, -0.2) is 0 Å². The molecule has 2 aliphatic carbocycles. The van der Waals surface area contributed by atoms with E-state index in [9.17, 15) is 0 Å². The molecular formula is C70H64N2O2. The average molecular weight is 965 g/mol. The van der Waals surface area contributed by atoms with Gasteiger partial charge in [-0.3, -0.25) is 0 Å². The molecule has 2 aromatic heterocycles. The van der Waals surface area contributed by atoms with Gasteiger partial charge in [0.2, 0.25) is 0 Å². The molecule has 14 rings (SSSR count). The Hall–Kier alpha value is -7.56. The molecule has 4 heteroatoms. The van der Waals surface area contributed by atoms with Crippen molar-refractivity contribution in [1.29, 1.82) is 0 Å². The number of nitrogens with zero attached hydrogens (tertiary/aromatic N) is 2. The van der Waals surface area contributed by atoms with Gasteiger partial charge in [-0.2, -0.15) is 0 Å². The second kappa shape index (κ2) is 17.0. The van der Waals surface area contributed by atoms with Crippen LogP contribution < -0.4 is 9.80 Å². The quantitative estimate of drug-likeness (QED) is 0.142. The maximum atomic E-state index is 6.96. The molecule has 74 heavy (non-hydrogen) atoms. The predicted octanol–water partition coefficient (Wildman–Crippen LogP) is 21.2. The Labute approximate surface area is 434 Å². The number of rotatable bonds is 8. The van der Waals surface area contributed by atoms with Crippen LogP contribution in [0.1, 0.15) is 127 Å². The van der Waals surface area contributed by atoms with Crippen LogP contribution in [0.25, 0.3) is 76.2 Å². The van der Waals surface area contributed by atoms with E-state index in [4.69, 9.17) is 8.83 Å². The third-order valence-electron chi connectivity index (χ3n) is 17.2. The molecule has 2 aliphatic rings. The first-order chi connectivity index (χ1) is 36.0. The minimum absolute atomic E-state index is 0.0118. The molecule has 10 aromatic carbocycles. The minimum Gasteiger partial charge on any atom is -0.454 e. The van der Waals surface area contributed by atoms with E-state index in [1.165, 1.54) is 117 Å². The lowest BCUT2D eigenvalue weighted by Crippen LogP contribution is -2.15. The van der Waals surface area contributed by atoms with Crippen molar-refractivity contribution in [1.82, 2.24) is 0 Å². The molecule has 0 unspecified atom stereocenters. The third kappa shape index (κ3) is 7.15. The van der Waals surface area contributed by atoms with E-state index in [2.05, 4.69) is 221 Å². The Balaban J connectivity index is 1.11. The van der Waals surface area contributed by atoms with Crippen molar-refractivity contribution < 1.29 is 8.83 Å². The fraction of sp³-hybridized carbons (Fsp3) is 0.257. The van der Waals surface area contributed by atoms with E-state index in [0.717, 1.165) is 66.6 Å². The summed E-state index contributed by atoms with van der Waals surface area (Å²) in [7, 11) is 0. The Morgan fingerprint density at radius 3 is 1.11 bits per heavy atom. The lowest BCUT2D eigenvalue weighted by atomic mass is 9.82. The molecule has 2 saturated carbocycles. The van der Waals surface area contributed by atoms with Gasteiger partial charge < -0.3 is 18.6 Å². The van der Waals surface area contributed by atoms with Gasteiger partial charge in [0.1, 0.15) is 11.2 Å². The van der Waals surface area contributed by atoms with Crippen LogP contribution in [0.4, 0.5) is 34.1 Å². The summed E-state index contributed by atoms with van der Waals surface area (Å²) in [5.41, 5.74) is 15.9.